The Morgan fingerprint density at radius 1 is 1.04 bits per heavy atom. The zero-order valence-electron chi connectivity index (χ0n) is 14.4. The van der Waals surface area contributed by atoms with E-state index in [1.807, 2.05) is 11.4 Å². The summed E-state index contributed by atoms with van der Waals surface area (Å²) in [5, 5.41) is 9.07. The minimum absolute atomic E-state index is 0.136. The van der Waals surface area contributed by atoms with E-state index in [2.05, 4.69) is 16.0 Å². The number of nitrogens with one attached hydrogen (secondary N) is 2. The largest absolute Gasteiger partial charge is 0.416 e. The van der Waals surface area contributed by atoms with Crippen LogP contribution in [0.3, 0.4) is 0 Å². The molecule has 1 fully saturated rings. The molecule has 0 aliphatic heterocycles. The topological polar surface area (TPSA) is 58.2 Å². The number of hydrogen-bond acceptors (Lipinski definition) is 3. The highest BCUT2D eigenvalue weighted by molar-refractivity contribution is 7.08. The summed E-state index contributed by atoms with van der Waals surface area (Å²) in [5.41, 5.74) is 0.346. The number of thiophene rings is 1. The van der Waals surface area contributed by atoms with Crippen LogP contribution in [0.1, 0.15) is 36.8 Å². The van der Waals surface area contributed by atoms with Crippen molar-refractivity contribution in [1.29, 1.82) is 0 Å². The summed E-state index contributed by atoms with van der Waals surface area (Å²) in [6.45, 7) is 0.364. The summed E-state index contributed by atoms with van der Waals surface area (Å²) < 4.78 is 37.7. The Kier molecular flexibility index (Phi) is 5.55. The summed E-state index contributed by atoms with van der Waals surface area (Å²) in [6.07, 6.45) is -0.404. The molecule has 0 atom stereocenters. The lowest BCUT2D eigenvalue weighted by atomic mass is 9.80. The Hall–Kier alpha value is -2.35. The van der Waals surface area contributed by atoms with E-state index in [0.29, 0.717) is 6.54 Å². The van der Waals surface area contributed by atoms with E-state index in [4.69, 9.17) is 0 Å². The predicted octanol–water partition coefficient (Wildman–Crippen LogP) is 4.33. The number of carbonyl (C=O) groups excluding carboxylic acids is 2. The molecule has 0 saturated heterocycles. The third-order valence-corrected chi connectivity index (χ3v) is 5.64. The maximum Gasteiger partial charge on any atom is 0.416 e. The van der Waals surface area contributed by atoms with Crippen molar-refractivity contribution in [1.82, 2.24) is 5.32 Å². The number of hydrogen-bond donors (Lipinski definition) is 2. The minimum atomic E-state index is -4.45. The van der Waals surface area contributed by atoms with E-state index in [0.717, 1.165) is 49.9 Å². The summed E-state index contributed by atoms with van der Waals surface area (Å²) in [7, 11) is 0. The van der Waals surface area contributed by atoms with Gasteiger partial charge in [0.25, 0.3) is 0 Å². The molecule has 1 aromatic heterocycles. The van der Waals surface area contributed by atoms with E-state index < -0.39 is 23.6 Å². The van der Waals surface area contributed by atoms with Gasteiger partial charge in [0.15, 0.2) is 0 Å². The zero-order valence-corrected chi connectivity index (χ0v) is 15.3. The van der Waals surface area contributed by atoms with Crippen LogP contribution in [0.5, 0.6) is 0 Å². The van der Waals surface area contributed by atoms with Crippen LogP contribution in [0.25, 0.3) is 0 Å². The van der Waals surface area contributed by atoms with Crippen LogP contribution in [-0.2, 0) is 21.2 Å². The summed E-state index contributed by atoms with van der Waals surface area (Å²) in [6, 6.07) is 6.01. The van der Waals surface area contributed by atoms with Gasteiger partial charge in [-0.2, -0.15) is 24.5 Å². The van der Waals surface area contributed by atoms with Crippen LogP contribution in [-0.4, -0.2) is 18.4 Å². The number of halogens is 3. The summed E-state index contributed by atoms with van der Waals surface area (Å²) >= 11 is 1.60. The fourth-order valence-corrected chi connectivity index (χ4v) is 4.22. The Morgan fingerprint density at radius 2 is 1.70 bits per heavy atom. The molecular formula is C19H19F3N2O2S. The molecular weight excluding hydrogens is 377 g/mol. The molecule has 4 nitrogen and oxygen atoms in total. The quantitative estimate of drug-likeness (QED) is 0.756. The summed E-state index contributed by atoms with van der Waals surface area (Å²) in [4.78, 5) is 24.2. The van der Waals surface area contributed by atoms with Gasteiger partial charge in [0.1, 0.15) is 0 Å². The maximum atomic E-state index is 12.6. The SMILES string of the molecule is O=C(NCC1(c2ccsc2)CCCC1)C(=O)Nc1ccc(C(F)(F)F)cc1. The zero-order chi connectivity index (χ0) is 19.5. The average Bonchev–Trinajstić information content (AvgIpc) is 3.31. The van der Waals surface area contributed by atoms with Gasteiger partial charge in [0.2, 0.25) is 0 Å². The van der Waals surface area contributed by atoms with Crippen LogP contribution < -0.4 is 10.6 Å². The smallest absolute Gasteiger partial charge is 0.347 e. The van der Waals surface area contributed by atoms with Crippen LogP contribution in [0.15, 0.2) is 41.1 Å². The van der Waals surface area contributed by atoms with Crippen molar-refractivity contribution in [3.63, 3.8) is 0 Å². The van der Waals surface area contributed by atoms with E-state index in [-0.39, 0.29) is 11.1 Å². The van der Waals surface area contributed by atoms with Crippen molar-refractivity contribution in [2.75, 3.05) is 11.9 Å². The Balaban J connectivity index is 1.58. The molecule has 1 saturated carbocycles. The number of rotatable bonds is 4. The Labute approximate surface area is 158 Å². The van der Waals surface area contributed by atoms with Crippen LogP contribution >= 0.6 is 11.3 Å². The molecule has 0 spiro atoms. The monoisotopic (exact) mass is 396 g/mol. The van der Waals surface area contributed by atoms with Gasteiger partial charge in [-0.05, 0) is 59.5 Å². The van der Waals surface area contributed by atoms with E-state index >= 15 is 0 Å². The fraction of sp³-hybridized carbons (Fsp3) is 0.368. The van der Waals surface area contributed by atoms with Gasteiger partial charge in [0.05, 0.1) is 5.56 Å². The molecule has 27 heavy (non-hydrogen) atoms. The van der Waals surface area contributed by atoms with E-state index in [9.17, 15) is 22.8 Å². The Morgan fingerprint density at radius 3 is 2.26 bits per heavy atom. The third-order valence-electron chi connectivity index (χ3n) is 4.96. The molecule has 3 rings (SSSR count). The van der Waals surface area contributed by atoms with Crippen molar-refractivity contribution in [3.8, 4) is 0 Å². The minimum Gasteiger partial charge on any atom is -0.347 e. The first-order valence-electron chi connectivity index (χ1n) is 8.59. The first kappa shape index (κ1) is 19.4. The van der Waals surface area contributed by atoms with Crippen molar-refractivity contribution >= 4 is 28.8 Å². The second-order valence-electron chi connectivity index (χ2n) is 6.71. The first-order valence-corrected chi connectivity index (χ1v) is 9.54. The molecule has 2 aromatic rings. The Bertz CT molecular complexity index is 795. The van der Waals surface area contributed by atoms with E-state index in [1.54, 1.807) is 11.3 Å². The van der Waals surface area contributed by atoms with Gasteiger partial charge in [-0.3, -0.25) is 9.59 Å². The lowest BCUT2D eigenvalue weighted by Crippen LogP contribution is -2.43. The molecule has 0 unspecified atom stereocenters. The number of alkyl halides is 3. The molecule has 1 aliphatic carbocycles. The molecule has 1 aliphatic rings. The van der Waals surface area contributed by atoms with Gasteiger partial charge < -0.3 is 10.6 Å². The molecule has 2 amide bonds. The second kappa shape index (κ2) is 7.72. The van der Waals surface area contributed by atoms with Gasteiger partial charge in [-0.15, -0.1) is 0 Å². The van der Waals surface area contributed by atoms with Crippen molar-refractivity contribution in [2.24, 2.45) is 0 Å². The maximum absolute atomic E-state index is 12.6. The molecule has 1 heterocycles. The van der Waals surface area contributed by atoms with Crippen LogP contribution in [0.2, 0.25) is 0 Å². The van der Waals surface area contributed by atoms with Gasteiger partial charge >= 0.3 is 18.0 Å². The fourth-order valence-electron chi connectivity index (χ4n) is 3.45. The number of anilines is 1. The highest BCUT2D eigenvalue weighted by atomic mass is 32.1. The van der Waals surface area contributed by atoms with Gasteiger partial charge in [-0.1, -0.05) is 12.8 Å². The number of carbonyl (C=O) groups is 2. The van der Waals surface area contributed by atoms with Crippen LogP contribution in [0.4, 0.5) is 18.9 Å². The van der Waals surface area contributed by atoms with Crippen molar-refractivity contribution in [3.05, 3.63) is 52.2 Å². The van der Waals surface area contributed by atoms with Gasteiger partial charge in [-0.25, -0.2) is 0 Å². The van der Waals surface area contributed by atoms with Gasteiger partial charge in [0, 0.05) is 17.6 Å². The third kappa shape index (κ3) is 4.50. The highest BCUT2D eigenvalue weighted by Gasteiger charge is 2.36. The molecule has 0 radical (unpaired) electrons. The second-order valence-corrected chi connectivity index (χ2v) is 7.49. The molecule has 8 heteroatoms. The van der Waals surface area contributed by atoms with Crippen molar-refractivity contribution < 1.29 is 22.8 Å². The van der Waals surface area contributed by atoms with Crippen molar-refractivity contribution in [2.45, 2.75) is 37.3 Å². The molecule has 0 bridgehead atoms. The summed E-state index contributed by atoms with van der Waals surface area (Å²) in [5.74, 6) is -1.69. The molecule has 144 valence electrons. The highest BCUT2D eigenvalue weighted by Crippen LogP contribution is 2.41. The average molecular weight is 396 g/mol. The predicted molar refractivity (Wildman–Crippen MR) is 97.5 cm³/mol. The molecule has 2 N–H and O–H groups in total. The standard InChI is InChI=1S/C19H19F3N2O2S/c20-19(21,22)13-3-5-15(6-4-13)24-17(26)16(25)23-12-18(8-1-2-9-18)14-7-10-27-11-14/h3-7,10-11H,1-2,8-9,12H2,(H,23,25)(H,24,26). The first-order chi connectivity index (χ1) is 12.8. The lowest BCUT2D eigenvalue weighted by molar-refractivity contribution is -0.137. The normalized spacial score (nSPS) is 16.1. The van der Waals surface area contributed by atoms with Crippen LogP contribution in [0, 0.1) is 0 Å². The lowest BCUT2D eigenvalue weighted by Gasteiger charge is -2.28. The number of benzene rings is 1. The van der Waals surface area contributed by atoms with E-state index in [1.165, 1.54) is 5.56 Å². The number of amides is 2. The molecule has 1 aromatic carbocycles.